The predicted octanol–water partition coefficient (Wildman–Crippen LogP) is 18.2. The number of hydrogen-bond acceptors (Lipinski definition) is 3. The van der Waals surface area contributed by atoms with Crippen LogP contribution in [0.1, 0.15) is 22.3 Å². The first kappa shape index (κ1) is 37.9. The lowest BCUT2D eigenvalue weighted by molar-refractivity contribution is 0.668. The van der Waals surface area contributed by atoms with E-state index in [9.17, 15) is 0 Å². The lowest BCUT2D eigenvalue weighted by Crippen LogP contribution is -2.26. The first-order valence-electron chi connectivity index (χ1n) is 22.2. The zero-order chi connectivity index (χ0) is 43.7. The lowest BCUT2D eigenvalue weighted by Gasteiger charge is -2.32. The number of rotatable bonds is 5. The second-order valence-electron chi connectivity index (χ2n) is 17.5. The average Bonchev–Trinajstić information content (AvgIpc) is 4.09. The normalized spacial score (nSPS) is 13.1. The average molecular weight is 974 g/mol. The van der Waals surface area contributed by atoms with Gasteiger partial charge in [-0.15, -0.1) is 0 Å². The van der Waals surface area contributed by atoms with Crippen molar-refractivity contribution in [1.82, 2.24) is 0 Å². The van der Waals surface area contributed by atoms with Crippen molar-refractivity contribution < 1.29 is 8.83 Å². The van der Waals surface area contributed by atoms with Gasteiger partial charge in [0.15, 0.2) is 0 Å². The van der Waals surface area contributed by atoms with Crippen molar-refractivity contribution in [2.75, 3.05) is 4.90 Å². The molecule has 2 heterocycles. The Kier molecular flexibility index (Phi) is 8.20. The minimum Gasteiger partial charge on any atom is -0.456 e. The molecule has 0 saturated heterocycles. The molecular weight excluding hydrogens is 938 g/mol. The van der Waals surface area contributed by atoms with Crippen molar-refractivity contribution in [3.8, 4) is 44.5 Å². The van der Waals surface area contributed by atoms with Crippen LogP contribution in [0, 0.1) is 0 Å². The maximum absolute atomic E-state index is 6.18. The molecule has 0 unspecified atom stereocenters. The highest BCUT2D eigenvalue weighted by molar-refractivity contribution is 9.10. The molecule has 2 aliphatic rings. The predicted molar refractivity (Wildman–Crippen MR) is 278 cm³/mol. The van der Waals surface area contributed by atoms with Crippen LogP contribution in [0.15, 0.2) is 230 Å². The number of nitrogens with zero attached hydrogens (tertiary/aromatic N) is 1. The summed E-state index contributed by atoms with van der Waals surface area (Å²) in [5, 5.41) is 4.50. The minimum atomic E-state index is -0.522. The Labute approximate surface area is 397 Å². The summed E-state index contributed by atoms with van der Waals surface area (Å²) >= 11 is 7.78. The fourth-order valence-corrected chi connectivity index (χ4v) is 11.8. The SMILES string of the molecule is Brc1ccc2c(c1)C1(c3ccccc3-c3ccc(N(c4ccc(-c5ccc6oc7ccccc7c6c5)cc4)c4ccc(-c5ccc6oc7ccccc7c6c5)cc4)cc31)c1cc(Br)ccc1-2. The minimum absolute atomic E-state index is 0.522. The second kappa shape index (κ2) is 14.3. The van der Waals surface area contributed by atoms with E-state index in [1.807, 2.05) is 24.3 Å². The van der Waals surface area contributed by atoms with E-state index >= 15 is 0 Å². The Morgan fingerprint density at radius 3 is 1.26 bits per heavy atom. The molecule has 0 N–H and O–H groups in total. The molecule has 0 amide bonds. The molecule has 0 bridgehead atoms. The second-order valence-corrected chi connectivity index (χ2v) is 19.3. The van der Waals surface area contributed by atoms with Gasteiger partial charge in [-0.05, 0) is 164 Å². The first-order valence-corrected chi connectivity index (χ1v) is 23.8. The third-order valence-corrected chi connectivity index (χ3v) is 15.0. The molecule has 0 radical (unpaired) electrons. The highest BCUT2D eigenvalue weighted by Gasteiger charge is 2.52. The summed E-state index contributed by atoms with van der Waals surface area (Å²) in [6, 6.07) is 77.2. The van der Waals surface area contributed by atoms with E-state index in [2.05, 4.69) is 225 Å². The summed E-state index contributed by atoms with van der Waals surface area (Å²) in [5.41, 5.74) is 21.1. The third-order valence-electron chi connectivity index (χ3n) is 14.0. The molecule has 0 saturated carbocycles. The van der Waals surface area contributed by atoms with Crippen molar-refractivity contribution in [2.24, 2.45) is 0 Å². The number of para-hydroxylation sites is 2. The van der Waals surface area contributed by atoms with Crippen LogP contribution in [0.2, 0.25) is 0 Å². The van der Waals surface area contributed by atoms with Crippen LogP contribution in [0.25, 0.3) is 88.4 Å². The first-order chi connectivity index (χ1) is 32.5. The van der Waals surface area contributed by atoms with Crippen LogP contribution in [0.3, 0.4) is 0 Å². The molecule has 2 aliphatic carbocycles. The van der Waals surface area contributed by atoms with Crippen molar-refractivity contribution in [3.63, 3.8) is 0 Å². The highest BCUT2D eigenvalue weighted by atomic mass is 79.9. The monoisotopic (exact) mass is 971 g/mol. The van der Waals surface area contributed by atoms with Gasteiger partial charge in [-0.1, -0.05) is 147 Å². The van der Waals surface area contributed by atoms with E-state index < -0.39 is 5.41 Å². The summed E-state index contributed by atoms with van der Waals surface area (Å²) in [7, 11) is 0. The van der Waals surface area contributed by atoms with Gasteiger partial charge in [-0.3, -0.25) is 0 Å². The largest absolute Gasteiger partial charge is 0.456 e. The van der Waals surface area contributed by atoms with Gasteiger partial charge < -0.3 is 13.7 Å². The number of benzene rings is 10. The van der Waals surface area contributed by atoms with Gasteiger partial charge >= 0.3 is 0 Å². The Balaban J connectivity index is 0.942. The quantitative estimate of drug-likeness (QED) is 0.172. The summed E-state index contributed by atoms with van der Waals surface area (Å²) in [6.45, 7) is 0. The van der Waals surface area contributed by atoms with Crippen LogP contribution in [0.4, 0.5) is 17.1 Å². The highest BCUT2D eigenvalue weighted by Crippen LogP contribution is 2.64. The summed E-state index contributed by atoms with van der Waals surface area (Å²) in [5.74, 6) is 0. The molecule has 0 atom stereocenters. The van der Waals surface area contributed by atoms with Gasteiger partial charge in [0.1, 0.15) is 22.3 Å². The third kappa shape index (κ3) is 5.48. The molecule has 0 aliphatic heterocycles. The van der Waals surface area contributed by atoms with Crippen LogP contribution >= 0.6 is 31.9 Å². The Morgan fingerprint density at radius 2 is 0.712 bits per heavy atom. The maximum Gasteiger partial charge on any atom is 0.135 e. The summed E-state index contributed by atoms with van der Waals surface area (Å²) in [6.07, 6.45) is 0. The van der Waals surface area contributed by atoms with Crippen molar-refractivity contribution in [1.29, 1.82) is 0 Å². The fraction of sp³-hybridized carbons (Fsp3) is 0.0164. The number of hydrogen-bond donors (Lipinski definition) is 0. The molecule has 10 aromatic carbocycles. The Bertz CT molecular complexity index is 3760. The van der Waals surface area contributed by atoms with E-state index in [0.717, 1.165) is 92.1 Å². The van der Waals surface area contributed by atoms with Crippen molar-refractivity contribution in [3.05, 3.63) is 244 Å². The smallest absolute Gasteiger partial charge is 0.135 e. The topological polar surface area (TPSA) is 29.5 Å². The Morgan fingerprint density at radius 1 is 0.303 bits per heavy atom. The fourth-order valence-electron chi connectivity index (χ4n) is 11.1. The number of halogens is 2. The van der Waals surface area contributed by atoms with Gasteiger partial charge in [-0.25, -0.2) is 0 Å². The maximum atomic E-state index is 6.18. The number of fused-ring (bicyclic) bond motifs is 16. The molecule has 0 fully saturated rings. The van der Waals surface area contributed by atoms with E-state index in [0.29, 0.717) is 0 Å². The van der Waals surface area contributed by atoms with Crippen LogP contribution in [0.5, 0.6) is 0 Å². The molecule has 66 heavy (non-hydrogen) atoms. The summed E-state index contributed by atoms with van der Waals surface area (Å²) in [4.78, 5) is 2.41. The van der Waals surface area contributed by atoms with E-state index in [1.165, 1.54) is 44.5 Å². The molecule has 14 rings (SSSR count). The van der Waals surface area contributed by atoms with Crippen LogP contribution in [-0.4, -0.2) is 0 Å². The van der Waals surface area contributed by atoms with E-state index in [4.69, 9.17) is 8.83 Å². The number of anilines is 3. The lowest BCUT2D eigenvalue weighted by atomic mass is 9.70. The molecule has 2 aromatic heterocycles. The van der Waals surface area contributed by atoms with Crippen molar-refractivity contribution in [2.45, 2.75) is 5.41 Å². The van der Waals surface area contributed by atoms with Gasteiger partial charge in [0.25, 0.3) is 0 Å². The van der Waals surface area contributed by atoms with Crippen LogP contribution < -0.4 is 4.90 Å². The summed E-state index contributed by atoms with van der Waals surface area (Å²) < 4.78 is 14.5. The van der Waals surface area contributed by atoms with Crippen molar-refractivity contribution >= 4 is 92.8 Å². The molecular formula is C61H35Br2NO2. The zero-order valence-corrected chi connectivity index (χ0v) is 38.4. The standard InChI is InChI=1S/C61H35Br2NO2/c62-40-19-26-46-47-27-20-41(63)34-55(47)61(54(46)33-40)53-10-4-1-7-45(53)48-28-25-44(35-56(48)61)64(42-21-13-36(14-22-42)38-17-29-59-51(31-38)49-8-2-5-11-57(49)65-59)43-23-15-37(16-24-43)39-18-30-60-52(32-39)50-9-3-6-12-58(50)66-60/h1-35H. The van der Waals surface area contributed by atoms with E-state index in [-0.39, 0.29) is 0 Å². The Hall–Kier alpha value is -7.44. The molecule has 5 heteroatoms. The molecule has 310 valence electrons. The molecule has 3 nitrogen and oxygen atoms in total. The van der Waals surface area contributed by atoms with Gasteiger partial charge in [0.2, 0.25) is 0 Å². The van der Waals surface area contributed by atoms with Gasteiger partial charge in [0, 0.05) is 47.6 Å². The molecule has 1 spiro atoms. The molecule has 12 aromatic rings. The van der Waals surface area contributed by atoms with Crippen LogP contribution in [-0.2, 0) is 5.41 Å². The van der Waals surface area contributed by atoms with Gasteiger partial charge in [-0.2, -0.15) is 0 Å². The van der Waals surface area contributed by atoms with E-state index in [1.54, 1.807) is 0 Å². The number of furan rings is 2. The van der Waals surface area contributed by atoms with Gasteiger partial charge in [0.05, 0.1) is 5.41 Å². The zero-order valence-electron chi connectivity index (χ0n) is 35.2.